The normalized spacial score (nSPS) is 15.7. The number of rotatable bonds is 7. The number of halogens is 2. The third-order valence-electron chi connectivity index (χ3n) is 4.95. The Morgan fingerprint density at radius 1 is 0.967 bits per heavy atom. The molecule has 1 heterocycles. The van der Waals surface area contributed by atoms with E-state index < -0.39 is 11.9 Å². The maximum Gasteiger partial charge on any atom is 0.254 e. The summed E-state index contributed by atoms with van der Waals surface area (Å²) >= 11 is 5.87. The molecular weight excluding hydrogens is 409 g/mol. The fourth-order valence-electron chi connectivity index (χ4n) is 3.36. The van der Waals surface area contributed by atoms with Gasteiger partial charge in [-0.05, 0) is 67.8 Å². The Balaban J connectivity index is 1.42. The number of carbonyl (C=O) groups excluding carboxylic acids is 3. The first kappa shape index (κ1) is 21.8. The summed E-state index contributed by atoms with van der Waals surface area (Å²) < 4.78 is 12.9. The molecule has 0 spiro atoms. The molecule has 2 aromatic carbocycles. The Hall–Kier alpha value is -2.93. The van der Waals surface area contributed by atoms with Crippen LogP contribution in [0.1, 0.15) is 40.0 Å². The zero-order chi connectivity index (χ0) is 21.5. The van der Waals surface area contributed by atoms with E-state index in [-0.39, 0.29) is 17.7 Å². The van der Waals surface area contributed by atoms with Crippen LogP contribution in [0.4, 0.5) is 4.39 Å². The van der Waals surface area contributed by atoms with Crippen molar-refractivity contribution in [3.8, 4) is 0 Å². The molecule has 158 valence electrons. The van der Waals surface area contributed by atoms with Crippen molar-refractivity contribution in [2.45, 2.75) is 25.3 Å². The van der Waals surface area contributed by atoms with E-state index in [4.69, 9.17) is 11.6 Å². The molecule has 1 atom stereocenters. The summed E-state index contributed by atoms with van der Waals surface area (Å²) in [5, 5.41) is 6.11. The van der Waals surface area contributed by atoms with E-state index in [1.54, 1.807) is 29.2 Å². The van der Waals surface area contributed by atoms with Crippen LogP contribution in [-0.2, 0) is 4.79 Å². The number of nitrogens with zero attached hydrogens (tertiary/aromatic N) is 1. The Bertz CT molecular complexity index is 903. The van der Waals surface area contributed by atoms with Gasteiger partial charge in [0, 0.05) is 35.8 Å². The summed E-state index contributed by atoms with van der Waals surface area (Å²) in [6.45, 7) is 1.28. The molecule has 8 heteroatoms. The molecule has 3 amide bonds. The number of hydrogen-bond donors (Lipinski definition) is 2. The Kier molecular flexibility index (Phi) is 7.41. The average molecular weight is 432 g/mol. The summed E-state index contributed by atoms with van der Waals surface area (Å²) in [4.78, 5) is 38.8. The second kappa shape index (κ2) is 10.2. The Morgan fingerprint density at radius 2 is 1.60 bits per heavy atom. The van der Waals surface area contributed by atoms with Crippen molar-refractivity contribution in [2.24, 2.45) is 0 Å². The summed E-state index contributed by atoms with van der Waals surface area (Å²) in [5.41, 5.74) is 0.880. The van der Waals surface area contributed by atoms with Gasteiger partial charge in [0.05, 0.1) is 0 Å². The van der Waals surface area contributed by atoms with Gasteiger partial charge in [-0.25, -0.2) is 4.39 Å². The first-order chi connectivity index (χ1) is 14.5. The summed E-state index contributed by atoms with van der Waals surface area (Å²) in [7, 11) is 0. The van der Waals surface area contributed by atoms with Gasteiger partial charge >= 0.3 is 0 Å². The molecule has 1 fully saturated rings. The standard InChI is InChI=1S/C22H23ClFN3O3/c23-17-8-4-16(5-9-17)22(30)27-14-1-3-19(27)21(29)26-13-2-12-25-20(28)15-6-10-18(24)11-7-15/h4-11,19H,1-3,12-14H2,(H,25,28)(H,26,29)/t19-/m1/s1. The van der Waals surface area contributed by atoms with Crippen molar-refractivity contribution in [1.82, 2.24) is 15.5 Å². The molecule has 0 unspecified atom stereocenters. The maximum atomic E-state index is 12.9. The highest BCUT2D eigenvalue weighted by Crippen LogP contribution is 2.21. The highest BCUT2D eigenvalue weighted by molar-refractivity contribution is 6.30. The van der Waals surface area contributed by atoms with E-state index in [1.165, 1.54) is 24.3 Å². The topological polar surface area (TPSA) is 78.5 Å². The second-order valence-corrected chi connectivity index (χ2v) is 7.51. The van der Waals surface area contributed by atoms with Crippen LogP contribution in [0.3, 0.4) is 0 Å². The molecule has 0 radical (unpaired) electrons. The quantitative estimate of drug-likeness (QED) is 0.661. The van der Waals surface area contributed by atoms with Crippen LogP contribution in [0, 0.1) is 5.82 Å². The van der Waals surface area contributed by atoms with Crippen LogP contribution < -0.4 is 10.6 Å². The highest BCUT2D eigenvalue weighted by Gasteiger charge is 2.34. The van der Waals surface area contributed by atoms with Crippen molar-refractivity contribution in [1.29, 1.82) is 0 Å². The Morgan fingerprint density at radius 3 is 2.30 bits per heavy atom. The number of carbonyl (C=O) groups is 3. The van der Waals surface area contributed by atoms with Gasteiger partial charge < -0.3 is 15.5 Å². The highest BCUT2D eigenvalue weighted by atomic mass is 35.5. The molecule has 2 aromatic rings. The van der Waals surface area contributed by atoms with Crippen molar-refractivity contribution in [2.75, 3.05) is 19.6 Å². The van der Waals surface area contributed by atoms with Crippen LogP contribution in [0.5, 0.6) is 0 Å². The first-order valence-corrected chi connectivity index (χ1v) is 10.2. The van der Waals surface area contributed by atoms with Gasteiger partial charge in [-0.1, -0.05) is 11.6 Å². The largest absolute Gasteiger partial charge is 0.354 e. The van der Waals surface area contributed by atoms with Crippen molar-refractivity contribution >= 4 is 29.3 Å². The molecule has 1 aliphatic rings. The summed E-state index contributed by atoms with van der Waals surface area (Å²) in [6.07, 6.45) is 1.92. The molecular formula is C22H23ClFN3O3. The van der Waals surface area contributed by atoms with E-state index >= 15 is 0 Å². The second-order valence-electron chi connectivity index (χ2n) is 7.07. The number of amides is 3. The van der Waals surface area contributed by atoms with Gasteiger partial charge in [-0.15, -0.1) is 0 Å². The number of benzene rings is 2. The number of likely N-dealkylation sites (tertiary alicyclic amines) is 1. The van der Waals surface area contributed by atoms with Crippen LogP contribution in [0.2, 0.25) is 5.02 Å². The lowest BCUT2D eigenvalue weighted by Gasteiger charge is -2.24. The molecule has 0 saturated carbocycles. The zero-order valence-corrected chi connectivity index (χ0v) is 17.1. The molecule has 1 saturated heterocycles. The molecule has 30 heavy (non-hydrogen) atoms. The van der Waals surface area contributed by atoms with Gasteiger partial charge in [-0.2, -0.15) is 0 Å². The summed E-state index contributed by atoms with van der Waals surface area (Å²) in [5.74, 6) is -1.07. The van der Waals surface area contributed by atoms with Crippen LogP contribution in [-0.4, -0.2) is 48.3 Å². The van der Waals surface area contributed by atoms with E-state index in [9.17, 15) is 18.8 Å². The molecule has 0 aromatic heterocycles. The molecule has 6 nitrogen and oxygen atoms in total. The maximum absolute atomic E-state index is 12.9. The average Bonchev–Trinajstić information content (AvgIpc) is 3.24. The first-order valence-electron chi connectivity index (χ1n) is 9.84. The van der Waals surface area contributed by atoms with Gasteiger partial charge in [0.25, 0.3) is 11.8 Å². The van der Waals surface area contributed by atoms with E-state index in [1.807, 2.05) is 0 Å². The summed E-state index contributed by atoms with van der Waals surface area (Å²) in [6, 6.07) is 11.4. The molecule has 0 bridgehead atoms. The molecule has 1 aliphatic heterocycles. The third kappa shape index (κ3) is 5.57. The van der Waals surface area contributed by atoms with Gasteiger partial charge in [-0.3, -0.25) is 14.4 Å². The monoisotopic (exact) mass is 431 g/mol. The smallest absolute Gasteiger partial charge is 0.254 e. The van der Waals surface area contributed by atoms with Crippen LogP contribution in [0.15, 0.2) is 48.5 Å². The van der Waals surface area contributed by atoms with E-state index in [0.29, 0.717) is 48.6 Å². The van der Waals surface area contributed by atoms with Crippen molar-refractivity contribution in [3.05, 3.63) is 70.5 Å². The minimum absolute atomic E-state index is 0.184. The van der Waals surface area contributed by atoms with Crippen molar-refractivity contribution < 1.29 is 18.8 Å². The predicted molar refractivity (Wildman–Crippen MR) is 112 cm³/mol. The molecule has 3 rings (SSSR count). The zero-order valence-electron chi connectivity index (χ0n) is 16.4. The fraction of sp³-hybridized carbons (Fsp3) is 0.318. The lowest BCUT2D eigenvalue weighted by atomic mass is 10.1. The predicted octanol–water partition coefficient (Wildman–Crippen LogP) is 3.02. The number of hydrogen-bond acceptors (Lipinski definition) is 3. The van der Waals surface area contributed by atoms with E-state index in [2.05, 4.69) is 10.6 Å². The van der Waals surface area contributed by atoms with Crippen molar-refractivity contribution in [3.63, 3.8) is 0 Å². The fourth-order valence-corrected chi connectivity index (χ4v) is 3.49. The molecule has 0 aliphatic carbocycles. The third-order valence-corrected chi connectivity index (χ3v) is 5.20. The lowest BCUT2D eigenvalue weighted by Crippen LogP contribution is -2.46. The van der Waals surface area contributed by atoms with Crippen LogP contribution in [0.25, 0.3) is 0 Å². The van der Waals surface area contributed by atoms with Crippen LogP contribution >= 0.6 is 11.6 Å². The minimum Gasteiger partial charge on any atom is -0.354 e. The van der Waals surface area contributed by atoms with E-state index in [0.717, 1.165) is 6.42 Å². The minimum atomic E-state index is -0.498. The Labute approximate surface area is 179 Å². The SMILES string of the molecule is O=C(NCCCNC(=O)[C@H]1CCCN1C(=O)c1ccc(Cl)cc1)c1ccc(F)cc1. The van der Waals surface area contributed by atoms with Gasteiger partial charge in [0.2, 0.25) is 5.91 Å². The lowest BCUT2D eigenvalue weighted by molar-refractivity contribution is -0.124. The van der Waals surface area contributed by atoms with Gasteiger partial charge in [0.15, 0.2) is 0 Å². The number of nitrogens with one attached hydrogen (secondary N) is 2. The molecule has 2 N–H and O–H groups in total. The van der Waals surface area contributed by atoms with Gasteiger partial charge in [0.1, 0.15) is 11.9 Å².